The zero-order valence-corrected chi connectivity index (χ0v) is 24.7. The second-order valence-electron chi connectivity index (χ2n) is 11.3. The number of carbonyl (C=O) groups is 4. The van der Waals surface area contributed by atoms with E-state index < -0.39 is 91.5 Å². The molecule has 16 heteroatoms. The number of nitrogens with zero attached hydrogens (tertiary/aromatic N) is 2. The van der Waals surface area contributed by atoms with E-state index in [1.807, 2.05) is 0 Å². The van der Waals surface area contributed by atoms with E-state index in [1.54, 1.807) is 0 Å². The highest BCUT2D eigenvalue weighted by molar-refractivity contribution is 7.92. The Balaban J connectivity index is 1.47. The van der Waals surface area contributed by atoms with Crippen molar-refractivity contribution in [3.63, 3.8) is 0 Å². The molecule has 1 aromatic heterocycles. The van der Waals surface area contributed by atoms with Gasteiger partial charge in [0.2, 0.25) is 17.6 Å². The fraction of sp³-hybridized carbons (Fsp3) is 0.464. The van der Waals surface area contributed by atoms with E-state index in [0.717, 1.165) is 35.4 Å². The zero-order valence-electron chi connectivity index (χ0n) is 23.2. The molecule has 2 heterocycles. The fourth-order valence-electron chi connectivity index (χ4n) is 5.40. The van der Waals surface area contributed by atoms with Gasteiger partial charge in [-0.1, -0.05) is 23.7 Å². The molecule has 1 aliphatic heterocycles. The van der Waals surface area contributed by atoms with Crippen molar-refractivity contribution in [2.45, 2.75) is 78.9 Å². The van der Waals surface area contributed by atoms with Gasteiger partial charge in [0.25, 0.3) is 5.91 Å². The third-order valence-corrected chi connectivity index (χ3v) is 10.5. The van der Waals surface area contributed by atoms with Crippen molar-refractivity contribution in [1.29, 1.82) is 0 Å². The lowest BCUT2D eigenvalue weighted by Crippen LogP contribution is -2.53. The highest BCUT2D eigenvalue weighted by atomic mass is 35.5. The first-order chi connectivity index (χ1) is 20.6. The molecule has 10 nitrogen and oxygen atoms in total. The summed E-state index contributed by atoms with van der Waals surface area (Å²) in [6, 6.07) is 1.44. The number of hydrogen-bond donors (Lipinski definition) is 2. The highest BCUT2D eigenvalue weighted by Gasteiger charge is 2.59. The molecule has 0 spiro atoms. The first-order valence-corrected chi connectivity index (χ1v) is 15.7. The molecule has 5 rings (SSSR count). The summed E-state index contributed by atoms with van der Waals surface area (Å²) in [5.74, 6) is -4.65. The van der Waals surface area contributed by atoms with E-state index in [2.05, 4.69) is 15.6 Å². The molecule has 44 heavy (non-hydrogen) atoms. The molecule has 3 unspecified atom stereocenters. The van der Waals surface area contributed by atoms with Crippen LogP contribution in [0.1, 0.15) is 50.3 Å². The van der Waals surface area contributed by atoms with Crippen molar-refractivity contribution in [1.82, 2.24) is 20.5 Å². The standard InChI is InChI=1S/C28H27ClF4N4O6S/c1-14(22(38)25(40)36-16-6-7-16)35-24(39)20-11-17(44(42,43)21-5-3-2-4-18(21)28(31,32)33)13-37(20)26(41)27(8-9-27)23-19(30)10-15(29)12-34-23/h2-5,10,12,14,16-17,20H,6-9,11,13H2,1H3,(H,35,39)(H,36,40). The number of alkyl halides is 3. The van der Waals surface area contributed by atoms with Gasteiger partial charge in [0.1, 0.15) is 11.9 Å². The average Bonchev–Trinajstić information content (AvgIpc) is 3.89. The number of pyridine rings is 1. The monoisotopic (exact) mass is 658 g/mol. The Morgan fingerprint density at radius 2 is 1.80 bits per heavy atom. The van der Waals surface area contributed by atoms with Gasteiger partial charge in [-0.2, -0.15) is 13.2 Å². The number of hydrogen-bond acceptors (Lipinski definition) is 7. The second-order valence-corrected chi connectivity index (χ2v) is 13.9. The van der Waals surface area contributed by atoms with Gasteiger partial charge < -0.3 is 15.5 Å². The number of aromatic nitrogens is 1. The molecule has 2 aromatic rings. The number of halogens is 5. The lowest BCUT2D eigenvalue weighted by atomic mass is 9.98. The molecule has 1 saturated heterocycles. The van der Waals surface area contributed by atoms with Crippen molar-refractivity contribution < 1.29 is 45.2 Å². The maximum atomic E-state index is 14.9. The van der Waals surface area contributed by atoms with Crippen LogP contribution in [0.25, 0.3) is 0 Å². The van der Waals surface area contributed by atoms with E-state index in [9.17, 15) is 45.2 Å². The van der Waals surface area contributed by atoms with Gasteiger partial charge in [-0.05, 0) is 57.2 Å². The molecule has 2 saturated carbocycles. The summed E-state index contributed by atoms with van der Waals surface area (Å²) in [6.45, 7) is 0.546. The molecule has 3 atom stereocenters. The first-order valence-electron chi connectivity index (χ1n) is 13.7. The number of Topliss-reactive ketones (excluding diaryl/α,β-unsaturated/α-hetero) is 1. The van der Waals surface area contributed by atoms with Gasteiger partial charge in [-0.25, -0.2) is 12.8 Å². The van der Waals surface area contributed by atoms with Crippen LogP contribution in [0.5, 0.6) is 0 Å². The summed E-state index contributed by atoms with van der Waals surface area (Å²) in [4.78, 5) is 56.1. The number of benzene rings is 1. The molecule has 0 radical (unpaired) electrons. The maximum absolute atomic E-state index is 14.9. The Morgan fingerprint density at radius 3 is 2.39 bits per heavy atom. The zero-order chi connectivity index (χ0) is 32.2. The van der Waals surface area contributed by atoms with Crippen LogP contribution in [-0.4, -0.2) is 71.7 Å². The van der Waals surface area contributed by atoms with Crippen molar-refractivity contribution >= 4 is 44.9 Å². The van der Waals surface area contributed by atoms with E-state index in [0.29, 0.717) is 18.9 Å². The summed E-state index contributed by atoms with van der Waals surface area (Å²) in [5, 5.41) is 3.13. The SMILES string of the molecule is CC(NC(=O)C1CC(S(=O)(=O)c2ccccc2C(F)(F)F)CN1C(=O)C1(c2ncc(Cl)cc2F)CC1)C(=O)C(=O)NC1CC1. The first kappa shape index (κ1) is 31.8. The molecule has 3 fully saturated rings. The summed E-state index contributed by atoms with van der Waals surface area (Å²) >= 11 is 5.80. The molecule has 236 valence electrons. The number of rotatable bonds is 9. The average molecular weight is 659 g/mol. The highest BCUT2D eigenvalue weighted by Crippen LogP contribution is 2.51. The van der Waals surface area contributed by atoms with Crippen LogP contribution in [0.3, 0.4) is 0 Å². The minimum absolute atomic E-state index is 0.0354. The maximum Gasteiger partial charge on any atom is 0.417 e. The van der Waals surface area contributed by atoms with Gasteiger partial charge in [-0.3, -0.25) is 24.2 Å². The third kappa shape index (κ3) is 6.03. The van der Waals surface area contributed by atoms with E-state index in [4.69, 9.17) is 11.6 Å². The molecule has 0 bridgehead atoms. The summed E-state index contributed by atoms with van der Waals surface area (Å²) in [6.07, 6.45) is -2.88. The predicted molar refractivity (Wildman–Crippen MR) is 146 cm³/mol. The van der Waals surface area contributed by atoms with Gasteiger partial charge in [0, 0.05) is 18.8 Å². The number of nitrogens with one attached hydrogen (secondary N) is 2. The lowest BCUT2D eigenvalue weighted by molar-refractivity contribution is -0.142. The molecule has 3 amide bonds. The van der Waals surface area contributed by atoms with Crippen LogP contribution in [0, 0.1) is 5.82 Å². The van der Waals surface area contributed by atoms with E-state index >= 15 is 0 Å². The number of likely N-dealkylation sites (tertiary alicyclic amines) is 1. The van der Waals surface area contributed by atoms with Crippen LogP contribution in [0.2, 0.25) is 5.02 Å². The smallest absolute Gasteiger partial charge is 0.347 e. The van der Waals surface area contributed by atoms with Crippen molar-refractivity contribution in [3.8, 4) is 0 Å². The van der Waals surface area contributed by atoms with E-state index in [1.165, 1.54) is 6.92 Å². The van der Waals surface area contributed by atoms with Crippen LogP contribution in [-0.2, 0) is 40.6 Å². The molecule has 2 aliphatic carbocycles. The largest absolute Gasteiger partial charge is 0.417 e. The Bertz CT molecular complexity index is 1640. The van der Waals surface area contributed by atoms with Crippen molar-refractivity contribution in [2.24, 2.45) is 0 Å². The Labute approximate surface area is 254 Å². The van der Waals surface area contributed by atoms with Crippen LogP contribution < -0.4 is 10.6 Å². The fourth-order valence-corrected chi connectivity index (χ4v) is 7.45. The van der Waals surface area contributed by atoms with Gasteiger partial charge in [-0.15, -0.1) is 0 Å². The minimum atomic E-state index is -5.01. The molecule has 1 aromatic carbocycles. The normalized spacial score (nSPS) is 21.8. The Kier molecular flexibility index (Phi) is 8.25. The van der Waals surface area contributed by atoms with Gasteiger partial charge in [0.15, 0.2) is 9.84 Å². The van der Waals surface area contributed by atoms with Crippen molar-refractivity contribution in [2.75, 3.05) is 6.54 Å². The van der Waals surface area contributed by atoms with E-state index in [-0.39, 0.29) is 29.6 Å². The number of amides is 3. The second kappa shape index (κ2) is 11.4. The quantitative estimate of drug-likeness (QED) is 0.312. The third-order valence-electron chi connectivity index (χ3n) is 8.07. The number of ketones is 1. The Hall–Kier alpha value is -3.59. The summed E-state index contributed by atoms with van der Waals surface area (Å²) in [5.41, 5.74) is -3.22. The summed E-state index contributed by atoms with van der Waals surface area (Å²) in [7, 11) is -4.79. The van der Waals surface area contributed by atoms with Crippen molar-refractivity contribution in [3.05, 3.63) is 58.6 Å². The summed E-state index contributed by atoms with van der Waals surface area (Å²) < 4.78 is 83.4. The predicted octanol–water partition coefficient (Wildman–Crippen LogP) is 2.72. The number of sulfone groups is 1. The van der Waals surface area contributed by atoms with Crippen LogP contribution >= 0.6 is 11.6 Å². The topological polar surface area (TPSA) is 143 Å². The van der Waals surface area contributed by atoms with Gasteiger partial charge >= 0.3 is 6.18 Å². The van der Waals surface area contributed by atoms with Crippen LogP contribution in [0.15, 0.2) is 41.4 Å². The molecule has 3 aliphatic rings. The molecular formula is C28H27ClF4N4O6S. The lowest BCUT2D eigenvalue weighted by Gasteiger charge is -2.29. The molecular weight excluding hydrogens is 632 g/mol. The molecule has 2 N–H and O–H groups in total. The Morgan fingerprint density at radius 1 is 1.14 bits per heavy atom. The van der Waals surface area contributed by atoms with Gasteiger partial charge in [0.05, 0.1) is 37.9 Å². The number of carbonyl (C=O) groups excluding carboxylic acids is 4. The van der Waals surface area contributed by atoms with Crippen LogP contribution in [0.4, 0.5) is 17.6 Å². The minimum Gasteiger partial charge on any atom is -0.347 e.